The molecule has 1 aromatic rings. The summed E-state index contributed by atoms with van der Waals surface area (Å²) in [6.07, 6.45) is 4.77. The van der Waals surface area contributed by atoms with Crippen molar-refractivity contribution < 1.29 is 0 Å². The third kappa shape index (κ3) is 3.73. The lowest BCUT2D eigenvalue weighted by atomic mass is 9.76. The van der Waals surface area contributed by atoms with Crippen LogP contribution in [0.5, 0.6) is 0 Å². The van der Waals surface area contributed by atoms with Gasteiger partial charge in [0.1, 0.15) is 0 Å². The van der Waals surface area contributed by atoms with Crippen molar-refractivity contribution in [2.45, 2.75) is 37.0 Å². The Labute approximate surface area is 117 Å². The minimum Gasteiger partial charge on any atom is -0.313 e. The first-order valence-electron chi connectivity index (χ1n) is 6.20. The molecule has 1 saturated carbocycles. The molecular formula is C14H20BrNS. The van der Waals surface area contributed by atoms with E-state index in [1.54, 1.807) is 0 Å². The van der Waals surface area contributed by atoms with E-state index >= 15 is 0 Å². The zero-order valence-corrected chi connectivity index (χ0v) is 12.9. The van der Waals surface area contributed by atoms with E-state index in [1.807, 2.05) is 11.8 Å². The first kappa shape index (κ1) is 13.4. The first-order chi connectivity index (χ1) is 8.19. The molecule has 1 aliphatic rings. The number of hydrogen-bond donors (Lipinski definition) is 1. The number of hydrogen-bond acceptors (Lipinski definition) is 2. The summed E-state index contributed by atoms with van der Waals surface area (Å²) in [5.74, 6) is 0.769. The molecule has 1 N–H and O–H groups in total. The fourth-order valence-electron chi connectivity index (χ4n) is 2.21. The molecule has 1 aliphatic carbocycles. The molecule has 0 spiro atoms. The SMILES string of the molecule is CSC(C)CNC1CC(c2ccc(Br)cc2)C1. The Kier molecular flexibility index (Phi) is 4.95. The van der Waals surface area contributed by atoms with E-state index in [0.29, 0.717) is 0 Å². The zero-order chi connectivity index (χ0) is 12.3. The van der Waals surface area contributed by atoms with Gasteiger partial charge in [0, 0.05) is 22.3 Å². The molecule has 0 aromatic heterocycles. The fourth-order valence-corrected chi connectivity index (χ4v) is 2.73. The lowest BCUT2D eigenvalue weighted by molar-refractivity contribution is 0.293. The molecule has 0 amide bonds. The van der Waals surface area contributed by atoms with E-state index in [9.17, 15) is 0 Å². The predicted molar refractivity (Wildman–Crippen MR) is 80.9 cm³/mol. The summed E-state index contributed by atoms with van der Waals surface area (Å²) in [6, 6.07) is 9.51. The van der Waals surface area contributed by atoms with Crippen molar-refractivity contribution in [3.63, 3.8) is 0 Å². The summed E-state index contributed by atoms with van der Waals surface area (Å²) >= 11 is 5.41. The Morgan fingerprint density at radius 3 is 2.59 bits per heavy atom. The largest absolute Gasteiger partial charge is 0.313 e. The second kappa shape index (κ2) is 6.26. The lowest BCUT2D eigenvalue weighted by Crippen LogP contribution is -2.42. The molecule has 0 aliphatic heterocycles. The Morgan fingerprint density at radius 1 is 1.35 bits per heavy atom. The lowest BCUT2D eigenvalue weighted by Gasteiger charge is -2.37. The maximum atomic E-state index is 3.65. The first-order valence-corrected chi connectivity index (χ1v) is 8.28. The van der Waals surface area contributed by atoms with E-state index in [-0.39, 0.29) is 0 Å². The molecule has 2 rings (SSSR count). The summed E-state index contributed by atoms with van der Waals surface area (Å²) in [4.78, 5) is 0. The van der Waals surface area contributed by atoms with Crippen LogP contribution >= 0.6 is 27.7 Å². The molecule has 17 heavy (non-hydrogen) atoms. The summed E-state index contributed by atoms with van der Waals surface area (Å²) in [5.41, 5.74) is 1.49. The van der Waals surface area contributed by atoms with Crippen LogP contribution in [-0.2, 0) is 0 Å². The van der Waals surface area contributed by atoms with Gasteiger partial charge >= 0.3 is 0 Å². The van der Waals surface area contributed by atoms with Gasteiger partial charge in [-0.15, -0.1) is 0 Å². The average molecular weight is 314 g/mol. The Morgan fingerprint density at radius 2 is 2.00 bits per heavy atom. The van der Waals surface area contributed by atoms with Crippen LogP contribution in [0.15, 0.2) is 28.7 Å². The van der Waals surface area contributed by atoms with Crippen LogP contribution in [0.25, 0.3) is 0 Å². The van der Waals surface area contributed by atoms with Gasteiger partial charge in [0.15, 0.2) is 0 Å². The number of rotatable bonds is 5. The molecular weight excluding hydrogens is 294 g/mol. The molecule has 0 bridgehead atoms. The molecule has 0 heterocycles. The third-order valence-electron chi connectivity index (χ3n) is 3.58. The van der Waals surface area contributed by atoms with Crippen LogP contribution in [0.3, 0.4) is 0 Å². The molecule has 1 aromatic carbocycles. The highest BCUT2D eigenvalue weighted by Crippen LogP contribution is 2.37. The monoisotopic (exact) mass is 313 g/mol. The van der Waals surface area contributed by atoms with Gasteiger partial charge in [0.25, 0.3) is 0 Å². The minimum absolute atomic E-state index is 0.724. The maximum absolute atomic E-state index is 3.65. The fraction of sp³-hybridized carbons (Fsp3) is 0.571. The Bertz CT molecular complexity index is 346. The molecule has 1 nitrogen and oxygen atoms in total. The van der Waals surface area contributed by atoms with Crippen molar-refractivity contribution in [2.75, 3.05) is 12.8 Å². The van der Waals surface area contributed by atoms with Crippen LogP contribution in [0.1, 0.15) is 31.2 Å². The standard InChI is InChI=1S/C14H20BrNS/c1-10(17-2)9-16-14-7-12(8-14)11-3-5-13(15)6-4-11/h3-6,10,12,14,16H,7-9H2,1-2H3. The second-order valence-electron chi connectivity index (χ2n) is 4.87. The van der Waals surface area contributed by atoms with Crippen LogP contribution in [-0.4, -0.2) is 24.1 Å². The van der Waals surface area contributed by atoms with Crippen molar-refractivity contribution in [3.05, 3.63) is 34.3 Å². The topological polar surface area (TPSA) is 12.0 Å². The molecule has 94 valence electrons. The van der Waals surface area contributed by atoms with E-state index in [1.165, 1.54) is 22.9 Å². The quantitative estimate of drug-likeness (QED) is 0.880. The van der Waals surface area contributed by atoms with Crippen molar-refractivity contribution in [2.24, 2.45) is 0 Å². The second-order valence-corrected chi connectivity index (χ2v) is 7.06. The van der Waals surface area contributed by atoms with E-state index < -0.39 is 0 Å². The highest BCUT2D eigenvalue weighted by Gasteiger charge is 2.29. The maximum Gasteiger partial charge on any atom is 0.0175 e. The van der Waals surface area contributed by atoms with E-state index in [4.69, 9.17) is 0 Å². The van der Waals surface area contributed by atoms with Gasteiger partial charge in [0.05, 0.1) is 0 Å². The predicted octanol–water partition coefficient (Wildman–Crippen LogP) is 4.04. The van der Waals surface area contributed by atoms with E-state index in [0.717, 1.165) is 23.8 Å². The normalized spacial score (nSPS) is 25.4. The molecule has 1 unspecified atom stereocenters. The number of thioether (sulfide) groups is 1. The highest BCUT2D eigenvalue weighted by atomic mass is 79.9. The summed E-state index contributed by atoms with van der Waals surface area (Å²) < 4.78 is 1.17. The molecule has 0 saturated heterocycles. The summed E-state index contributed by atoms with van der Waals surface area (Å²) in [7, 11) is 0. The van der Waals surface area contributed by atoms with Crippen molar-refractivity contribution in [1.29, 1.82) is 0 Å². The highest BCUT2D eigenvalue weighted by molar-refractivity contribution is 9.10. The van der Waals surface area contributed by atoms with Crippen molar-refractivity contribution in [1.82, 2.24) is 5.32 Å². The van der Waals surface area contributed by atoms with Gasteiger partial charge in [-0.05, 0) is 42.7 Å². The smallest absolute Gasteiger partial charge is 0.0175 e. The van der Waals surface area contributed by atoms with Crippen molar-refractivity contribution >= 4 is 27.7 Å². The number of halogens is 1. The molecule has 1 atom stereocenters. The Balaban J connectivity index is 1.73. The van der Waals surface area contributed by atoms with Gasteiger partial charge < -0.3 is 5.32 Å². The third-order valence-corrected chi connectivity index (χ3v) is 5.08. The Hall–Kier alpha value is 0.01000. The zero-order valence-electron chi connectivity index (χ0n) is 10.4. The van der Waals surface area contributed by atoms with Gasteiger partial charge in [-0.25, -0.2) is 0 Å². The van der Waals surface area contributed by atoms with Gasteiger partial charge in [-0.2, -0.15) is 11.8 Å². The van der Waals surface area contributed by atoms with Crippen LogP contribution in [0.2, 0.25) is 0 Å². The summed E-state index contributed by atoms with van der Waals surface area (Å²) in [6.45, 7) is 3.42. The molecule has 0 radical (unpaired) electrons. The minimum atomic E-state index is 0.724. The number of benzene rings is 1. The van der Waals surface area contributed by atoms with Gasteiger partial charge in [-0.1, -0.05) is 35.0 Å². The van der Waals surface area contributed by atoms with Crippen LogP contribution < -0.4 is 5.32 Å². The summed E-state index contributed by atoms with van der Waals surface area (Å²) in [5, 5.41) is 4.37. The van der Waals surface area contributed by atoms with Crippen LogP contribution in [0.4, 0.5) is 0 Å². The number of nitrogens with one attached hydrogen (secondary N) is 1. The van der Waals surface area contributed by atoms with Crippen molar-refractivity contribution in [3.8, 4) is 0 Å². The van der Waals surface area contributed by atoms with Gasteiger partial charge in [-0.3, -0.25) is 0 Å². The molecule has 3 heteroatoms. The van der Waals surface area contributed by atoms with Gasteiger partial charge in [0.2, 0.25) is 0 Å². The molecule has 1 fully saturated rings. The average Bonchev–Trinajstić information content (AvgIpc) is 2.29. The van der Waals surface area contributed by atoms with Crippen LogP contribution in [0, 0.1) is 0 Å². The van der Waals surface area contributed by atoms with E-state index in [2.05, 4.69) is 58.7 Å².